The predicted molar refractivity (Wildman–Crippen MR) is 46.5 cm³/mol. The first kappa shape index (κ1) is 13.2. The van der Waals surface area contributed by atoms with Gasteiger partial charge in [-0.05, 0) is 12.8 Å². The minimum atomic E-state index is -4.12. The lowest BCUT2D eigenvalue weighted by Gasteiger charge is -2.28. The van der Waals surface area contributed by atoms with Crippen LogP contribution in [0.5, 0.6) is 0 Å². The molecule has 1 saturated heterocycles. The maximum Gasteiger partial charge on any atom is 0.423 e. The Kier molecular flexibility index (Phi) is 4.55. The first-order valence-electron chi connectivity index (χ1n) is 4.86. The van der Waals surface area contributed by atoms with Crippen LogP contribution in [0.4, 0.5) is 13.2 Å². The predicted octanol–water partition coefficient (Wildman–Crippen LogP) is 1.63. The number of halogens is 3. The van der Waals surface area contributed by atoms with Crippen LogP contribution in [0, 0.1) is 0 Å². The molecule has 1 atom stereocenters. The normalized spacial score (nSPS) is 20.5. The van der Waals surface area contributed by atoms with E-state index in [0.717, 1.165) is 6.92 Å². The molecular weight excluding hydrogens is 229 g/mol. The van der Waals surface area contributed by atoms with Crippen molar-refractivity contribution in [1.82, 2.24) is 0 Å². The van der Waals surface area contributed by atoms with Gasteiger partial charge in [0.2, 0.25) is 0 Å². The Balaban J connectivity index is 2.45. The Morgan fingerprint density at radius 3 is 2.50 bits per heavy atom. The Hall–Kier alpha value is -0.820. The summed E-state index contributed by atoms with van der Waals surface area (Å²) >= 11 is 0. The van der Waals surface area contributed by atoms with E-state index >= 15 is 0 Å². The lowest BCUT2D eigenvalue weighted by atomic mass is 10.1. The quantitative estimate of drug-likeness (QED) is 0.703. The molecule has 0 bridgehead atoms. The number of carbonyl (C=O) groups excluding carboxylic acids is 1. The maximum atomic E-state index is 13.0. The van der Waals surface area contributed by atoms with Crippen molar-refractivity contribution in [3.8, 4) is 0 Å². The van der Waals surface area contributed by atoms with Crippen molar-refractivity contribution in [2.75, 3.05) is 13.2 Å². The third-order valence-corrected chi connectivity index (χ3v) is 2.03. The zero-order chi connectivity index (χ0) is 12.2. The van der Waals surface area contributed by atoms with Gasteiger partial charge < -0.3 is 14.2 Å². The molecule has 0 amide bonds. The number of carbonyl (C=O) groups is 1. The van der Waals surface area contributed by atoms with Crippen LogP contribution in [0.2, 0.25) is 0 Å². The van der Waals surface area contributed by atoms with E-state index in [1.54, 1.807) is 0 Å². The molecule has 0 aromatic carbocycles. The van der Waals surface area contributed by atoms with E-state index in [9.17, 15) is 18.0 Å². The van der Waals surface area contributed by atoms with E-state index in [1.165, 1.54) is 0 Å². The third-order valence-electron chi connectivity index (χ3n) is 2.03. The summed E-state index contributed by atoms with van der Waals surface area (Å²) in [5.74, 6) is -1.12. The minimum Gasteiger partial charge on any atom is -0.422 e. The molecule has 4 nitrogen and oxygen atoms in total. The maximum absolute atomic E-state index is 13.0. The summed E-state index contributed by atoms with van der Waals surface area (Å²) < 4.78 is 51.9. The molecule has 0 radical (unpaired) electrons. The number of ether oxygens (including phenoxy) is 3. The second-order valence-corrected chi connectivity index (χ2v) is 3.42. The Morgan fingerprint density at radius 1 is 1.44 bits per heavy atom. The molecule has 0 spiro atoms. The summed E-state index contributed by atoms with van der Waals surface area (Å²) in [5, 5.41) is 0. The topological polar surface area (TPSA) is 44.8 Å². The van der Waals surface area contributed by atoms with Crippen LogP contribution in [-0.2, 0) is 19.0 Å². The van der Waals surface area contributed by atoms with Crippen molar-refractivity contribution in [1.29, 1.82) is 0 Å². The van der Waals surface area contributed by atoms with Crippen LogP contribution in [0.1, 0.15) is 19.8 Å². The van der Waals surface area contributed by atoms with Gasteiger partial charge in [0.1, 0.15) is 0 Å². The highest BCUT2D eigenvalue weighted by Crippen LogP contribution is 2.28. The average Bonchev–Trinajstić information content (AvgIpc) is 2.17. The van der Waals surface area contributed by atoms with Gasteiger partial charge in [-0.2, -0.15) is 13.2 Å². The zero-order valence-electron chi connectivity index (χ0n) is 8.75. The van der Waals surface area contributed by atoms with E-state index in [4.69, 9.17) is 4.74 Å². The molecule has 1 aliphatic rings. The molecule has 94 valence electrons. The fourth-order valence-electron chi connectivity index (χ4n) is 1.28. The average molecular weight is 242 g/mol. The highest BCUT2D eigenvalue weighted by Gasteiger charge is 2.46. The van der Waals surface area contributed by atoms with Gasteiger partial charge in [-0.1, -0.05) is 0 Å². The summed E-state index contributed by atoms with van der Waals surface area (Å²) in [6.45, 7) is 1.44. The van der Waals surface area contributed by atoms with E-state index < -0.39 is 24.5 Å². The smallest absolute Gasteiger partial charge is 0.422 e. The molecule has 0 N–H and O–H groups in total. The summed E-state index contributed by atoms with van der Waals surface area (Å²) in [6, 6.07) is 0. The highest BCUT2D eigenvalue weighted by atomic mass is 19.3. The lowest BCUT2D eigenvalue weighted by Crippen LogP contribution is -2.41. The van der Waals surface area contributed by atoms with Gasteiger partial charge in [-0.3, -0.25) is 4.79 Å². The lowest BCUT2D eigenvalue weighted by molar-refractivity contribution is -0.341. The van der Waals surface area contributed by atoms with Gasteiger partial charge >= 0.3 is 18.4 Å². The van der Waals surface area contributed by atoms with Crippen LogP contribution in [0.15, 0.2) is 0 Å². The fraction of sp³-hybridized carbons (Fsp3) is 0.889. The van der Waals surface area contributed by atoms with E-state index in [2.05, 4.69) is 9.47 Å². The van der Waals surface area contributed by atoms with Crippen molar-refractivity contribution < 1.29 is 32.2 Å². The van der Waals surface area contributed by atoms with Crippen molar-refractivity contribution in [3.05, 3.63) is 0 Å². The highest BCUT2D eigenvalue weighted by molar-refractivity contribution is 5.66. The monoisotopic (exact) mass is 242 g/mol. The van der Waals surface area contributed by atoms with Gasteiger partial charge in [-0.25, -0.2) is 0 Å². The number of hydrogen-bond acceptors (Lipinski definition) is 4. The third kappa shape index (κ3) is 3.97. The molecule has 1 heterocycles. The molecular formula is C9H13F3O4. The first-order valence-corrected chi connectivity index (χ1v) is 4.86. The van der Waals surface area contributed by atoms with Gasteiger partial charge in [0.25, 0.3) is 0 Å². The molecule has 16 heavy (non-hydrogen) atoms. The number of alkyl halides is 3. The van der Waals surface area contributed by atoms with Crippen LogP contribution < -0.4 is 0 Å². The largest absolute Gasteiger partial charge is 0.423 e. The van der Waals surface area contributed by atoms with Crippen molar-refractivity contribution in [2.45, 2.75) is 38.3 Å². The summed E-state index contributed by atoms with van der Waals surface area (Å²) in [7, 11) is 0. The van der Waals surface area contributed by atoms with E-state index in [0.29, 0.717) is 13.2 Å². The standard InChI is InChI=1S/C9H13F3O4/c1-6(13)15-8(10)9(11,12)16-7-2-4-14-5-3-7/h7-8H,2-5H2,1H3. The number of rotatable bonds is 4. The molecule has 0 aromatic rings. The molecule has 0 aliphatic carbocycles. The number of hydrogen-bond donors (Lipinski definition) is 0. The Morgan fingerprint density at radius 2 is 2.00 bits per heavy atom. The minimum absolute atomic E-state index is 0.266. The summed E-state index contributed by atoms with van der Waals surface area (Å²) in [4.78, 5) is 10.3. The first-order chi connectivity index (χ1) is 7.42. The Labute approximate surface area is 90.7 Å². The molecule has 7 heteroatoms. The second-order valence-electron chi connectivity index (χ2n) is 3.42. The van der Waals surface area contributed by atoms with Crippen LogP contribution in [-0.4, -0.2) is 37.8 Å². The van der Waals surface area contributed by atoms with Gasteiger partial charge in [0, 0.05) is 20.1 Å². The summed E-state index contributed by atoms with van der Waals surface area (Å²) in [5.41, 5.74) is 0. The molecule has 0 saturated carbocycles. The molecule has 1 fully saturated rings. The number of esters is 1. The van der Waals surface area contributed by atoms with Gasteiger partial charge in [0.05, 0.1) is 6.10 Å². The van der Waals surface area contributed by atoms with Crippen LogP contribution >= 0.6 is 0 Å². The second kappa shape index (κ2) is 5.49. The molecule has 1 unspecified atom stereocenters. The molecule has 1 aliphatic heterocycles. The van der Waals surface area contributed by atoms with Crippen molar-refractivity contribution >= 4 is 5.97 Å². The van der Waals surface area contributed by atoms with Crippen molar-refractivity contribution in [3.63, 3.8) is 0 Å². The van der Waals surface area contributed by atoms with Gasteiger partial charge in [0.15, 0.2) is 0 Å². The molecule has 0 aromatic heterocycles. The Bertz CT molecular complexity index is 241. The fourth-order valence-corrected chi connectivity index (χ4v) is 1.28. The SMILES string of the molecule is CC(=O)OC(F)C(F)(F)OC1CCOCC1. The van der Waals surface area contributed by atoms with Crippen LogP contribution in [0.3, 0.4) is 0 Å². The van der Waals surface area contributed by atoms with Gasteiger partial charge in [-0.15, -0.1) is 0 Å². The van der Waals surface area contributed by atoms with Crippen molar-refractivity contribution in [2.24, 2.45) is 0 Å². The zero-order valence-corrected chi connectivity index (χ0v) is 8.75. The van der Waals surface area contributed by atoms with E-state index in [1.807, 2.05) is 0 Å². The molecule has 1 rings (SSSR count). The van der Waals surface area contributed by atoms with Crippen LogP contribution in [0.25, 0.3) is 0 Å². The van der Waals surface area contributed by atoms with E-state index in [-0.39, 0.29) is 12.8 Å². The summed E-state index contributed by atoms with van der Waals surface area (Å²) in [6.07, 6.45) is -7.44.